The van der Waals surface area contributed by atoms with E-state index in [0.29, 0.717) is 5.56 Å². The zero-order chi connectivity index (χ0) is 20.2. The number of aryl methyl sites for hydroxylation is 1. The second kappa shape index (κ2) is 8.39. The molecule has 4 nitrogen and oxygen atoms in total. The Labute approximate surface area is 171 Å². The monoisotopic (exact) mass is 387 g/mol. The number of rotatable bonds is 6. The molecule has 0 N–H and O–H groups in total. The lowest BCUT2D eigenvalue weighted by molar-refractivity contribution is 0.0601. The highest BCUT2D eigenvalue weighted by Gasteiger charge is 2.31. The zero-order valence-corrected chi connectivity index (χ0v) is 16.8. The van der Waals surface area contributed by atoms with Crippen molar-refractivity contribution in [3.8, 4) is 16.9 Å². The van der Waals surface area contributed by atoms with Gasteiger partial charge >= 0.3 is 5.97 Å². The molecule has 4 heteroatoms. The minimum atomic E-state index is -0.324. The molecule has 1 aliphatic rings. The van der Waals surface area contributed by atoms with E-state index in [4.69, 9.17) is 9.47 Å². The average Bonchev–Trinajstić information content (AvgIpc) is 2.76. The first kappa shape index (κ1) is 19.1. The Kier molecular flexibility index (Phi) is 5.52. The van der Waals surface area contributed by atoms with Gasteiger partial charge in [-0.3, -0.25) is 0 Å². The van der Waals surface area contributed by atoms with Crippen LogP contribution in [0.25, 0.3) is 11.1 Å². The van der Waals surface area contributed by atoms with Crippen LogP contribution in [0.3, 0.4) is 0 Å². The van der Waals surface area contributed by atoms with E-state index in [9.17, 15) is 4.79 Å². The van der Waals surface area contributed by atoms with Crippen LogP contribution < -0.4 is 9.64 Å². The normalized spacial score (nSPS) is 13.7. The predicted molar refractivity (Wildman–Crippen MR) is 116 cm³/mol. The van der Waals surface area contributed by atoms with E-state index < -0.39 is 0 Å². The number of ether oxygens (including phenoxy) is 2. The molecule has 29 heavy (non-hydrogen) atoms. The van der Waals surface area contributed by atoms with Crippen molar-refractivity contribution in [2.45, 2.75) is 19.4 Å². The minimum absolute atomic E-state index is 0.132. The molecule has 1 aliphatic heterocycles. The summed E-state index contributed by atoms with van der Waals surface area (Å²) in [7, 11) is 1.42. The average molecular weight is 387 g/mol. The highest BCUT2D eigenvalue weighted by molar-refractivity contribution is 6.01. The molecule has 0 saturated carbocycles. The summed E-state index contributed by atoms with van der Waals surface area (Å²) in [6.07, 6.45) is 1.16. The number of hydrogen-bond donors (Lipinski definition) is 0. The largest absolute Gasteiger partial charge is 0.487 e. The molecule has 0 atom stereocenters. The van der Waals surface area contributed by atoms with Gasteiger partial charge in [-0.1, -0.05) is 55.5 Å². The third kappa shape index (κ3) is 3.97. The maximum Gasteiger partial charge on any atom is 0.338 e. The SMILES string of the molecule is CCc1ccc(OC2CN(c3cccc(C(=O)OC)c3-c3ccccc3)C2)cc1. The van der Waals surface area contributed by atoms with Crippen LogP contribution in [0.2, 0.25) is 0 Å². The van der Waals surface area contributed by atoms with Crippen LogP contribution in [0.1, 0.15) is 22.8 Å². The molecule has 0 amide bonds. The third-order valence-corrected chi connectivity index (χ3v) is 5.33. The Hall–Kier alpha value is -3.27. The van der Waals surface area contributed by atoms with Crippen molar-refractivity contribution in [1.82, 2.24) is 0 Å². The van der Waals surface area contributed by atoms with E-state index in [2.05, 4.69) is 30.0 Å². The van der Waals surface area contributed by atoms with Gasteiger partial charge in [0.25, 0.3) is 0 Å². The molecule has 0 radical (unpaired) electrons. The number of benzene rings is 3. The molecule has 1 fully saturated rings. The number of anilines is 1. The Balaban J connectivity index is 1.55. The number of nitrogens with zero attached hydrogens (tertiary/aromatic N) is 1. The van der Waals surface area contributed by atoms with Crippen molar-refractivity contribution in [1.29, 1.82) is 0 Å². The van der Waals surface area contributed by atoms with Crippen molar-refractivity contribution >= 4 is 11.7 Å². The standard InChI is InChI=1S/C25H25NO3/c1-3-18-12-14-20(15-13-18)29-21-16-26(17-21)23-11-7-10-22(25(27)28-2)24(23)19-8-5-4-6-9-19/h4-15,21H,3,16-17H2,1-2H3. The minimum Gasteiger partial charge on any atom is -0.487 e. The molecule has 1 heterocycles. The van der Waals surface area contributed by atoms with E-state index in [0.717, 1.165) is 42.1 Å². The van der Waals surface area contributed by atoms with Crippen molar-refractivity contribution in [2.24, 2.45) is 0 Å². The summed E-state index contributed by atoms with van der Waals surface area (Å²) in [6.45, 7) is 3.70. The highest BCUT2D eigenvalue weighted by Crippen LogP contribution is 2.37. The molecule has 3 aromatic carbocycles. The summed E-state index contributed by atoms with van der Waals surface area (Å²) in [5, 5.41) is 0. The van der Waals surface area contributed by atoms with Crippen LogP contribution in [0.15, 0.2) is 72.8 Å². The van der Waals surface area contributed by atoms with Crippen molar-refractivity contribution in [2.75, 3.05) is 25.1 Å². The lowest BCUT2D eigenvalue weighted by Gasteiger charge is -2.41. The number of carbonyl (C=O) groups is 1. The number of hydrogen-bond acceptors (Lipinski definition) is 4. The van der Waals surface area contributed by atoms with Gasteiger partial charge in [0.15, 0.2) is 0 Å². The van der Waals surface area contributed by atoms with Crippen LogP contribution in [0, 0.1) is 0 Å². The zero-order valence-electron chi connectivity index (χ0n) is 16.8. The van der Waals surface area contributed by atoms with Crippen molar-refractivity contribution in [3.05, 3.63) is 83.9 Å². The molecule has 0 aliphatic carbocycles. The smallest absolute Gasteiger partial charge is 0.338 e. The van der Waals surface area contributed by atoms with Crippen LogP contribution in [-0.4, -0.2) is 32.3 Å². The van der Waals surface area contributed by atoms with E-state index in [1.165, 1.54) is 12.7 Å². The van der Waals surface area contributed by atoms with Crippen molar-refractivity contribution in [3.63, 3.8) is 0 Å². The molecule has 0 bridgehead atoms. The second-order valence-electron chi connectivity index (χ2n) is 7.20. The molecular formula is C25H25NO3. The van der Waals surface area contributed by atoms with Gasteiger partial charge in [0.2, 0.25) is 0 Å². The van der Waals surface area contributed by atoms with Gasteiger partial charge < -0.3 is 14.4 Å². The molecule has 0 spiro atoms. The molecular weight excluding hydrogens is 362 g/mol. The Morgan fingerprint density at radius 2 is 1.69 bits per heavy atom. The molecule has 1 saturated heterocycles. The molecule has 148 valence electrons. The first-order chi connectivity index (χ1) is 14.2. The predicted octanol–water partition coefficient (Wildman–Crippen LogP) is 4.97. The summed E-state index contributed by atoms with van der Waals surface area (Å²) in [6, 6.07) is 24.1. The second-order valence-corrected chi connectivity index (χ2v) is 7.20. The Morgan fingerprint density at radius 3 is 2.34 bits per heavy atom. The maximum atomic E-state index is 12.4. The first-order valence-corrected chi connectivity index (χ1v) is 9.97. The maximum absolute atomic E-state index is 12.4. The van der Waals surface area contributed by atoms with Gasteiger partial charge in [-0.2, -0.15) is 0 Å². The number of esters is 1. The quantitative estimate of drug-likeness (QED) is 0.560. The fourth-order valence-electron chi connectivity index (χ4n) is 3.70. The summed E-state index contributed by atoms with van der Waals surface area (Å²) in [4.78, 5) is 14.6. The van der Waals surface area contributed by atoms with Crippen molar-refractivity contribution < 1.29 is 14.3 Å². The fraction of sp³-hybridized carbons (Fsp3) is 0.240. The van der Waals surface area contributed by atoms with Gasteiger partial charge in [-0.15, -0.1) is 0 Å². The molecule has 4 rings (SSSR count). The Morgan fingerprint density at radius 1 is 0.966 bits per heavy atom. The summed E-state index contributed by atoms with van der Waals surface area (Å²) < 4.78 is 11.1. The first-order valence-electron chi connectivity index (χ1n) is 9.97. The molecule has 0 aromatic heterocycles. The van der Waals surface area contributed by atoms with Crippen LogP contribution in [0.5, 0.6) is 5.75 Å². The summed E-state index contributed by atoms with van der Waals surface area (Å²) in [5.41, 5.74) is 4.82. The highest BCUT2D eigenvalue weighted by atomic mass is 16.5. The van der Waals surface area contributed by atoms with Gasteiger partial charge in [-0.25, -0.2) is 4.79 Å². The van der Waals surface area contributed by atoms with E-state index in [1.54, 1.807) is 0 Å². The summed E-state index contributed by atoms with van der Waals surface area (Å²) in [5.74, 6) is 0.577. The van der Waals surface area contributed by atoms with E-state index in [1.807, 2.05) is 54.6 Å². The van der Waals surface area contributed by atoms with Crippen LogP contribution in [-0.2, 0) is 11.2 Å². The molecule has 0 unspecified atom stereocenters. The van der Waals surface area contributed by atoms with Gasteiger partial charge in [0.05, 0.1) is 25.8 Å². The Bertz CT molecular complexity index is 977. The van der Waals surface area contributed by atoms with Crippen LogP contribution >= 0.6 is 0 Å². The van der Waals surface area contributed by atoms with Gasteiger partial charge in [0, 0.05) is 11.3 Å². The fourth-order valence-corrected chi connectivity index (χ4v) is 3.70. The third-order valence-electron chi connectivity index (χ3n) is 5.33. The number of carbonyl (C=O) groups excluding carboxylic acids is 1. The number of methoxy groups -OCH3 is 1. The van der Waals surface area contributed by atoms with Gasteiger partial charge in [-0.05, 0) is 41.8 Å². The lowest BCUT2D eigenvalue weighted by Crippen LogP contribution is -2.54. The van der Waals surface area contributed by atoms with E-state index in [-0.39, 0.29) is 12.1 Å². The lowest BCUT2D eigenvalue weighted by atomic mass is 9.95. The van der Waals surface area contributed by atoms with Gasteiger partial charge in [0.1, 0.15) is 11.9 Å². The van der Waals surface area contributed by atoms with Crippen LogP contribution in [0.4, 0.5) is 5.69 Å². The molecule has 3 aromatic rings. The van der Waals surface area contributed by atoms with E-state index >= 15 is 0 Å². The topological polar surface area (TPSA) is 38.8 Å². The summed E-state index contributed by atoms with van der Waals surface area (Å²) >= 11 is 0.